The Morgan fingerprint density at radius 2 is 2.12 bits per heavy atom. The van der Waals surface area contributed by atoms with Crippen LogP contribution in [0.4, 0.5) is 4.39 Å². The van der Waals surface area contributed by atoms with E-state index in [9.17, 15) is 4.39 Å². The van der Waals surface area contributed by atoms with Gasteiger partial charge in [0.2, 0.25) is 0 Å². The number of hydrazone groups is 1. The Balaban J connectivity index is 2.57. The van der Waals surface area contributed by atoms with Gasteiger partial charge in [-0.05, 0) is 36.8 Å². The van der Waals surface area contributed by atoms with Crippen molar-refractivity contribution in [3.8, 4) is 0 Å². The average Bonchev–Trinajstić information content (AvgIpc) is 2.34. The number of benzene rings is 1. The molecule has 1 aromatic carbocycles. The number of nitrogens with zero attached hydrogens (tertiary/aromatic N) is 1. The Kier molecular flexibility index (Phi) is 5.29. The van der Waals surface area contributed by atoms with Crippen LogP contribution in [-0.4, -0.2) is 17.4 Å². The SMILES string of the molecule is C=CCNC(=S)N/N=C(/C)c1ccc(F)cc1. The van der Waals surface area contributed by atoms with Crippen LogP contribution in [0.2, 0.25) is 0 Å². The van der Waals surface area contributed by atoms with Crippen molar-refractivity contribution >= 4 is 23.0 Å². The molecule has 1 rings (SSSR count). The maximum absolute atomic E-state index is 12.7. The van der Waals surface area contributed by atoms with Crippen molar-refractivity contribution in [2.75, 3.05) is 6.54 Å². The van der Waals surface area contributed by atoms with Gasteiger partial charge in [-0.15, -0.1) is 6.58 Å². The number of hydrogen-bond donors (Lipinski definition) is 2. The van der Waals surface area contributed by atoms with Crippen LogP contribution in [0.1, 0.15) is 12.5 Å². The number of rotatable bonds is 4. The summed E-state index contributed by atoms with van der Waals surface area (Å²) in [5, 5.41) is 7.39. The topological polar surface area (TPSA) is 36.4 Å². The van der Waals surface area contributed by atoms with Crippen LogP contribution in [0.25, 0.3) is 0 Å². The molecule has 0 bridgehead atoms. The van der Waals surface area contributed by atoms with E-state index in [2.05, 4.69) is 22.4 Å². The molecule has 0 fully saturated rings. The Labute approximate surface area is 105 Å². The molecule has 3 nitrogen and oxygen atoms in total. The van der Waals surface area contributed by atoms with E-state index in [0.717, 1.165) is 11.3 Å². The van der Waals surface area contributed by atoms with E-state index >= 15 is 0 Å². The van der Waals surface area contributed by atoms with Crippen LogP contribution in [0.3, 0.4) is 0 Å². The molecule has 0 saturated heterocycles. The summed E-state index contributed by atoms with van der Waals surface area (Å²) in [6.07, 6.45) is 1.70. The van der Waals surface area contributed by atoms with Crippen LogP contribution >= 0.6 is 12.2 Å². The zero-order valence-electron chi connectivity index (χ0n) is 9.53. The maximum Gasteiger partial charge on any atom is 0.187 e. The van der Waals surface area contributed by atoms with Gasteiger partial charge in [-0.25, -0.2) is 4.39 Å². The highest BCUT2D eigenvalue weighted by Crippen LogP contribution is 2.03. The zero-order valence-corrected chi connectivity index (χ0v) is 10.4. The second-order valence-electron chi connectivity index (χ2n) is 3.31. The van der Waals surface area contributed by atoms with Gasteiger partial charge in [-0.2, -0.15) is 5.10 Å². The fourth-order valence-corrected chi connectivity index (χ4v) is 1.22. The largest absolute Gasteiger partial charge is 0.358 e. The molecular formula is C12H14FN3S. The van der Waals surface area contributed by atoms with Crippen molar-refractivity contribution < 1.29 is 4.39 Å². The first kappa shape index (κ1) is 13.3. The molecule has 0 aliphatic rings. The minimum atomic E-state index is -0.266. The van der Waals surface area contributed by atoms with Gasteiger partial charge in [0.1, 0.15) is 5.82 Å². The van der Waals surface area contributed by atoms with Crippen LogP contribution in [0.5, 0.6) is 0 Å². The lowest BCUT2D eigenvalue weighted by atomic mass is 10.1. The average molecular weight is 251 g/mol. The quantitative estimate of drug-likeness (QED) is 0.373. The molecule has 5 heteroatoms. The first-order chi connectivity index (χ1) is 8.13. The van der Waals surface area contributed by atoms with Gasteiger partial charge in [0.15, 0.2) is 5.11 Å². The van der Waals surface area contributed by atoms with Crippen molar-refractivity contribution in [1.29, 1.82) is 0 Å². The highest BCUT2D eigenvalue weighted by atomic mass is 32.1. The number of hydrogen-bond acceptors (Lipinski definition) is 2. The summed E-state index contributed by atoms with van der Waals surface area (Å²) >= 11 is 4.97. The Bertz CT molecular complexity index is 426. The lowest BCUT2D eigenvalue weighted by molar-refractivity contribution is 0.628. The van der Waals surface area contributed by atoms with Crippen molar-refractivity contribution in [2.45, 2.75) is 6.92 Å². The van der Waals surface area contributed by atoms with E-state index in [1.165, 1.54) is 12.1 Å². The Morgan fingerprint density at radius 1 is 1.47 bits per heavy atom. The molecule has 0 aliphatic heterocycles. The lowest BCUT2D eigenvalue weighted by Crippen LogP contribution is -2.32. The van der Waals surface area contributed by atoms with Crippen LogP contribution in [0.15, 0.2) is 42.0 Å². The van der Waals surface area contributed by atoms with Gasteiger partial charge in [-0.1, -0.05) is 18.2 Å². The molecule has 0 amide bonds. The maximum atomic E-state index is 12.7. The summed E-state index contributed by atoms with van der Waals surface area (Å²) in [6.45, 7) is 5.96. The summed E-state index contributed by atoms with van der Waals surface area (Å²) in [7, 11) is 0. The third kappa shape index (κ3) is 4.74. The van der Waals surface area contributed by atoms with E-state index < -0.39 is 0 Å². The third-order valence-electron chi connectivity index (χ3n) is 1.99. The van der Waals surface area contributed by atoms with Gasteiger partial charge in [0.25, 0.3) is 0 Å². The van der Waals surface area contributed by atoms with E-state index in [4.69, 9.17) is 12.2 Å². The number of halogens is 1. The molecule has 2 N–H and O–H groups in total. The fraction of sp³-hybridized carbons (Fsp3) is 0.167. The molecule has 90 valence electrons. The van der Waals surface area contributed by atoms with E-state index in [1.54, 1.807) is 18.2 Å². The smallest absolute Gasteiger partial charge is 0.187 e. The second kappa shape index (κ2) is 6.75. The van der Waals surface area contributed by atoms with Crippen molar-refractivity contribution in [2.24, 2.45) is 5.10 Å². The molecule has 0 heterocycles. The summed E-state index contributed by atoms with van der Waals surface area (Å²) in [5.74, 6) is -0.266. The van der Waals surface area contributed by atoms with E-state index in [1.807, 2.05) is 6.92 Å². The first-order valence-corrected chi connectivity index (χ1v) is 5.49. The molecule has 0 saturated carbocycles. The minimum absolute atomic E-state index is 0.266. The minimum Gasteiger partial charge on any atom is -0.358 e. The van der Waals surface area contributed by atoms with Gasteiger partial charge < -0.3 is 5.32 Å². The molecule has 0 spiro atoms. The lowest BCUT2D eigenvalue weighted by Gasteiger charge is -2.05. The summed E-state index contributed by atoms with van der Waals surface area (Å²) in [6, 6.07) is 6.11. The first-order valence-electron chi connectivity index (χ1n) is 5.08. The molecular weight excluding hydrogens is 237 g/mol. The van der Waals surface area contributed by atoms with Gasteiger partial charge in [0.05, 0.1) is 5.71 Å². The second-order valence-corrected chi connectivity index (χ2v) is 3.72. The third-order valence-corrected chi connectivity index (χ3v) is 2.23. The summed E-state index contributed by atoms with van der Waals surface area (Å²) in [4.78, 5) is 0. The van der Waals surface area contributed by atoms with Crippen molar-refractivity contribution in [3.05, 3.63) is 48.3 Å². The Morgan fingerprint density at radius 3 is 2.71 bits per heavy atom. The highest BCUT2D eigenvalue weighted by molar-refractivity contribution is 7.80. The molecule has 17 heavy (non-hydrogen) atoms. The van der Waals surface area contributed by atoms with Crippen LogP contribution in [-0.2, 0) is 0 Å². The predicted molar refractivity (Wildman–Crippen MR) is 72.5 cm³/mol. The molecule has 0 aliphatic carbocycles. The monoisotopic (exact) mass is 251 g/mol. The Hall–Kier alpha value is -1.75. The normalized spacial score (nSPS) is 10.8. The fourth-order valence-electron chi connectivity index (χ4n) is 1.09. The molecule has 0 aromatic heterocycles. The summed E-state index contributed by atoms with van der Waals surface area (Å²) in [5.41, 5.74) is 4.26. The predicted octanol–water partition coefficient (Wildman–Crippen LogP) is 2.20. The van der Waals surface area contributed by atoms with Crippen LogP contribution < -0.4 is 10.7 Å². The number of nitrogens with one attached hydrogen (secondary N) is 2. The van der Waals surface area contributed by atoms with Gasteiger partial charge in [0, 0.05) is 6.54 Å². The van der Waals surface area contributed by atoms with Crippen molar-refractivity contribution in [3.63, 3.8) is 0 Å². The van der Waals surface area contributed by atoms with Gasteiger partial charge in [-0.3, -0.25) is 5.43 Å². The molecule has 0 radical (unpaired) electrons. The van der Waals surface area contributed by atoms with E-state index in [0.29, 0.717) is 11.7 Å². The zero-order chi connectivity index (χ0) is 12.7. The molecule has 0 atom stereocenters. The van der Waals surface area contributed by atoms with Crippen molar-refractivity contribution in [1.82, 2.24) is 10.7 Å². The standard InChI is InChI=1S/C12H14FN3S/c1-3-8-14-12(17)16-15-9(2)10-4-6-11(13)7-5-10/h3-7H,1,8H2,2H3,(H2,14,16,17)/b15-9-. The molecule has 0 unspecified atom stereocenters. The molecule has 1 aromatic rings. The van der Waals surface area contributed by atoms with Crippen LogP contribution in [0, 0.1) is 5.82 Å². The highest BCUT2D eigenvalue weighted by Gasteiger charge is 1.98. The summed E-state index contributed by atoms with van der Waals surface area (Å²) < 4.78 is 12.7. The number of thiocarbonyl (C=S) groups is 1. The van der Waals surface area contributed by atoms with Gasteiger partial charge >= 0.3 is 0 Å². The van der Waals surface area contributed by atoms with E-state index in [-0.39, 0.29) is 5.82 Å².